The van der Waals surface area contributed by atoms with E-state index in [0.717, 1.165) is 56.2 Å². The highest BCUT2D eigenvalue weighted by Crippen LogP contribution is 2.20. The zero-order valence-corrected chi connectivity index (χ0v) is 14.9. The number of halogens is 2. The number of likely N-dealkylation sites (tertiary alicyclic amines) is 1. The number of hydrogen-bond donors (Lipinski definition) is 1. The van der Waals surface area contributed by atoms with Crippen molar-refractivity contribution >= 4 is 29.1 Å². The highest BCUT2D eigenvalue weighted by Gasteiger charge is 2.31. The van der Waals surface area contributed by atoms with Crippen molar-refractivity contribution in [3.8, 4) is 0 Å². The lowest BCUT2D eigenvalue weighted by Gasteiger charge is -2.32. The Balaban J connectivity index is 2.00. The first-order valence-electron chi connectivity index (χ1n) is 8.11. The monoisotopic (exact) mass is 343 g/mol. The number of nitrogens with one attached hydrogen (secondary N) is 1. The Morgan fingerprint density at radius 2 is 2.05 bits per heavy atom. The molecule has 22 heavy (non-hydrogen) atoms. The highest BCUT2D eigenvalue weighted by molar-refractivity contribution is 6.35. The van der Waals surface area contributed by atoms with Gasteiger partial charge in [-0.2, -0.15) is 0 Å². The molecule has 1 saturated heterocycles. The molecule has 0 saturated carbocycles. The molecule has 1 aliphatic rings. The number of rotatable bonds is 5. The van der Waals surface area contributed by atoms with Crippen LogP contribution in [0.25, 0.3) is 0 Å². The molecular formula is C17H25Cl2N2O+. The Labute approximate surface area is 143 Å². The van der Waals surface area contributed by atoms with Crippen LogP contribution in [0.4, 0.5) is 0 Å². The zero-order valence-electron chi connectivity index (χ0n) is 13.4. The van der Waals surface area contributed by atoms with Crippen LogP contribution in [-0.4, -0.2) is 37.0 Å². The van der Waals surface area contributed by atoms with Gasteiger partial charge in [0.25, 0.3) is 0 Å². The Bertz CT molecular complexity index is 517. The molecule has 1 aromatic carbocycles. The maximum atomic E-state index is 12.5. The molecule has 0 radical (unpaired) electrons. The topological polar surface area (TPSA) is 24.8 Å². The Morgan fingerprint density at radius 1 is 1.32 bits per heavy atom. The van der Waals surface area contributed by atoms with Crippen LogP contribution in [0.3, 0.4) is 0 Å². The van der Waals surface area contributed by atoms with Gasteiger partial charge in [-0.15, -0.1) is 0 Å². The van der Waals surface area contributed by atoms with Crippen LogP contribution in [0.5, 0.6) is 0 Å². The number of piperidine rings is 1. The smallest absolute Gasteiger partial charge is 0.231 e. The first-order chi connectivity index (χ1) is 10.5. The van der Waals surface area contributed by atoms with Crippen LogP contribution in [0.1, 0.15) is 32.3 Å². The van der Waals surface area contributed by atoms with Crippen molar-refractivity contribution < 1.29 is 9.69 Å². The van der Waals surface area contributed by atoms with E-state index in [1.165, 1.54) is 4.90 Å². The van der Waals surface area contributed by atoms with Crippen LogP contribution < -0.4 is 4.90 Å². The second-order valence-corrected chi connectivity index (χ2v) is 6.81. The molecule has 1 amide bonds. The Morgan fingerprint density at radius 3 is 2.68 bits per heavy atom. The van der Waals surface area contributed by atoms with Crippen LogP contribution in [0.2, 0.25) is 10.0 Å². The summed E-state index contributed by atoms with van der Waals surface area (Å²) in [5.74, 6) is 0.458. The van der Waals surface area contributed by atoms with E-state index in [-0.39, 0.29) is 5.92 Å². The second-order valence-electron chi connectivity index (χ2n) is 5.97. The molecule has 0 spiro atoms. The van der Waals surface area contributed by atoms with Gasteiger partial charge in [-0.25, -0.2) is 0 Å². The number of nitrogens with zero attached hydrogens (tertiary/aromatic N) is 1. The van der Waals surface area contributed by atoms with Crippen molar-refractivity contribution in [2.24, 2.45) is 5.92 Å². The van der Waals surface area contributed by atoms with E-state index in [1.54, 1.807) is 6.07 Å². The highest BCUT2D eigenvalue weighted by atomic mass is 35.5. The molecule has 0 aromatic heterocycles. The maximum Gasteiger partial charge on any atom is 0.231 e. The number of quaternary nitrogens is 1. The van der Waals surface area contributed by atoms with E-state index < -0.39 is 0 Å². The molecule has 5 heteroatoms. The molecule has 0 bridgehead atoms. The molecule has 1 unspecified atom stereocenters. The minimum atomic E-state index is 0.148. The average molecular weight is 344 g/mol. The van der Waals surface area contributed by atoms with Crippen molar-refractivity contribution in [3.63, 3.8) is 0 Å². The van der Waals surface area contributed by atoms with Gasteiger partial charge in [0, 0.05) is 23.7 Å². The van der Waals surface area contributed by atoms with E-state index in [2.05, 4.69) is 0 Å². The molecule has 2 atom stereocenters. The molecule has 0 aliphatic carbocycles. The van der Waals surface area contributed by atoms with Crippen molar-refractivity contribution in [2.45, 2.75) is 33.2 Å². The number of benzene rings is 1. The lowest BCUT2D eigenvalue weighted by Crippen LogP contribution is -3.12. The van der Waals surface area contributed by atoms with Crippen molar-refractivity contribution in [1.29, 1.82) is 0 Å². The van der Waals surface area contributed by atoms with Crippen molar-refractivity contribution in [1.82, 2.24) is 4.90 Å². The van der Waals surface area contributed by atoms with Gasteiger partial charge in [0.2, 0.25) is 5.91 Å². The first kappa shape index (κ1) is 17.6. The third-order valence-corrected chi connectivity index (χ3v) is 5.08. The summed E-state index contributed by atoms with van der Waals surface area (Å²) >= 11 is 12.2. The van der Waals surface area contributed by atoms with Crippen molar-refractivity contribution in [3.05, 3.63) is 33.8 Å². The lowest BCUT2D eigenvalue weighted by atomic mass is 9.96. The standard InChI is InChI=1S/C17H24Cl2N2O/c1-3-21(4-2)17(22)14-6-5-9-20(12-14)11-13-7-8-15(18)10-16(13)19/h7-8,10,14H,3-6,9,11-12H2,1-2H3/p+1/t14-/m0/s1. The normalized spacial score (nSPS) is 21.6. The predicted octanol–water partition coefficient (Wildman–Crippen LogP) is 2.66. The van der Waals surface area contributed by atoms with E-state index in [9.17, 15) is 4.79 Å². The molecular weight excluding hydrogens is 319 g/mol. The van der Waals surface area contributed by atoms with E-state index in [4.69, 9.17) is 23.2 Å². The van der Waals surface area contributed by atoms with Crippen molar-refractivity contribution in [2.75, 3.05) is 26.2 Å². The minimum absolute atomic E-state index is 0.148. The van der Waals surface area contributed by atoms with Gasteiger partial charge in [-0.1, -0.05) is 29.3 Å². The second kappa shape index (κ2) is 8.19. The van der Waals surface area contributed by atoms with E-state index >= 15 is 0 Å². The summed E-state index contributed by atoms with van der Waals surface area (Å²) in [6.07, 6.45) is 2.10. The fourth-order valence-corrected chi connectivity index (χ4v) is 3.73. The molecule has 3 nitrogen and oxygen atoms in total. The van der Waals surface area contributed by atoms with E-state index in [1.807, 2.05) is 30.9 Å². The zero-order chi connectivity index (χ0) is 16.1. The van der Waals surface area contributed by atoms with Gasteiger partial charge in [0.1, 0.15) is 6.54 Å². The summed E-state index contributed by atoms with van der Waals surface area (Å²) < 4.78 is 0. The molecule has 1 aromatic rings. The number of carbonyl (C=O) groups excluding carboxylic acids is 1. The summed E-state index contributed by atoms with van der Waals surface area (Å²) in [4.78, 5) is 15.9. The van der Waals surface area contributed by atoms with Gasteiger partial charge in [-0.3, -0.25) is 4.79 Å². The average Bonchev–Trinajstić information content (AvgIpc) is 2.51. The van der Waals surface area contributed by atoms with Crippen LogP contribution >= 0.6 is 23.2 Å². The number of hydrogen-bond acceptors (Lipinski definition) is 1. The summed E-state index contributed by atoms with van der Waals surface area (Å²) in [6, 6.07) is 5.67. The van der Waals surface area contributed by atoms with Crippen LogP contribution in [0.15, 0.2) is 18.2 Å². The number of carbonyl (C=O) groups is 1. The first-order valence-corrected chi connectivity index (χ1v) is 8.87. The van der Waals surface area contributed by atoms with E-state index in [0.29, 0.717) is 10.9 Å². The molecule has 2 rings (SSSR count). The van der Waals surface area contributed by atoms with Gasteiger partial charge >= 0.3 is 0 Å². The van der Waals surface area contributed by atoms with Gasteiger partial charge in [-0.05, 0) is 38.8 Å². The largest absolute Gasteiger partial charge is 0.343 e. The third-order valence-electron chi connectivity index (χ3n) is 4.50. The van der Waals surface area contributed by atoms with Gasteiger partial charge in [0.05, 0.1) is 24.0 Å². The fourth-order valence-electron chi connectivity index (χ4n) is 3.25. The number of amides is 1. The van der Waals surface area contributed by atoms with Crippen LogP contribution in [-0.2, 0) is 11.3 Å². The summed E-state index contributed by atoms with van der Waals surface area (Å²) in [6.45, 7) is 8.53. The Kier molecular flexibility index (Phi) is 6.54. The molecule has 122 valence electrons. The fraction of sp³-hybridized carbons (Fsp3) is 0.588. The summed E-state index contributed by atoms with van der Waals surface area (Å²) in [7, 11) is 0. The van der Waals surface area contributed by atoms with Gasteiger partial charge < -0.3 is 9.80 Å². The SMILES string of the molecule is CCN(CC)C(=O)[C@H]1CCC[NH+](Cc2ccc(Cl)cc2Cl)C1. The molecule has 1 fully saturated rings. The maximum absolute atomic E-state index is 12.5. The van der Waals surface area contributed by atoms with Crippen LogP contribution in [0, 0.1) is 5.92 Å². The minimum Gasteiger partial charge on any atom is -0.343 e. The Hall–Kier alpha value is -0.770. The quantitative estimate of drug-likeness (QED) is 0.873. The van der Waals surface area contributed by atoms with Gasteiger partial charge in [0.15, 0.2) is 0 Å². The lowest BCUT2D eigenvalue weighted by molar-refractivity contribution is -0.921. The molecule has 1 aliphatic heterocycles. The molecule has 1 N–H and O–H groups in total. The summed E-state index contributed by atoms with van der Waals surface area (Å²) in [5, 5.41) is 1.38. The third kappa shape index (κ3) is 4.37. The molecule has 1 heterocycles. The summed E-state index contributed by atoms with van der Waals surface area (Å²) in [5.41, 5.74) is 1.11. The predicted molar refractivity (Wildman–Crippen MR) is 91.5 cm³/mol.